The molecule has 0 fully saturated rings. The molecule has 0 unspecified atom stereocenters. The fourth-order valence-electron chi connectivity index (χ4n) is 3.46. The van der Waals surface area contributed by atoms with Gasteiger partial charge in [-0.15, -0.1) is 0 Å². The maximum Gasteiger partial charge on any atom is 0.217 e. The van der Waals surface area contributed by atoms with E-state index in [9.17, 15) is 5.11 Å². The Kier molecular flexibility index (Phi) is 8.16. The third-order valence-electron chi connectivity index (χ3n) is 5.40. The summed E-state index contributed by atoms with van der Waals surface area (Å²) in [6, 6.07) is 20.2. The van der Waals surface area contributed by atoms with Crippen LogP contribution in [0.15, 0.2) is 72.0 Å². The van der Waals surface area contributed by atoms with Gasteiger partial charge in [-0.25, -0.2) is 4.98 Å². The summed E-state index contributed by atoms with van der Waals surface area (Å²) in [7, 11) is 1.96. The number of aliphatic imine (C=N–C) groups is 1. The summed E-state index contributed by atoms with van der Waals surface area (Å²) in [5, 5.41) is 20.8. The lowest BCUT2D eigenvalue weighted by molar-refractivity contribution is 0.252. The summed E-state index contributed by atoms with van der Waals surface area (Å²) in [6.07, 6.45) is 2.53. The van der Waals surface area contributed by atoms with E-state index in [1.54, 1.807) is 0 Å². The first-order valence-electron chi connectivity index (χ1n) is 10.9. The van der Waals surface area contributed by atoms with Crippen molar-refractivity contribution in [2.24, 2.45) is 4.99 Å². The number of amidine groups is 1. The molecule has 32 heavy (non-hydrogen) atoms. The lowest BCUT2D eigenvalue weighted by Crippen LogP contribution is -2.38. The highest BCUT2D eigenvalue weighted by Gasteiger charge is 2.19. The number of hydrogen-bond acceptors (Lipinski definition) is 3. The van der Waals surface area contributed by atoms with Crippen LogP contribution in [-0.4, -0.2) is 51.0 Å². The molecule has 0 aliphatic rings. The molecule has 0 aliphatic carbocycles. The zero-order valence-corrected chi connectivity index (χ0v) is 19.0. The number of nitrogens with zero attached hydrogens (tertiary/aromatic N) is 4. The molecule has 2 aromatic carbocycles. The molecule has 3 rings (SSSR count). The van der Waals surface area contributed by atoms with Crippen molar-refractivity contribution in [3.05, 3.63) is 89.5 Å². The van der Waals surface area contributed by atoms with Gasteiger partial charge in [-0.1, -0.05) is 67.6 Å². The molecule has 0 radical (unpaired) electrons. The monoisotopic (exact) mass is 432 g/mol. The topological polar surface area (TPSA) is 89.5 Å². The van der Waals surface area contributed by atoms with Gasteiger partial charge in [0.05, 0.1) is 19.0 Å². The van der Waals surface area contributed by atoms with Gasteiger partial charge in [-0.2, -0.15) is 4.99 Å². The SMILES string of the molecule is CC[C@H](CO)NC(=N)/N=C(\c1ncn(Cc2ccccc2)c1C)N(C)Cc1ccccc1. The van der Waals surface area contributed by atoms with Crippen LogP contribution in [0.1, 0.15) is 35.9 Å². The van der Waals surface area contributed by atoms with E-state index in [4.69, 9.17) is 5.41 Å². The molecule has 0 spiro atoms. The molecule has 0 bridgehead atoms. The molecule has 3 aromatic rings. The molecule has 0 amide bonds. The summed E-state index contributed by atoms with van der Waals surface area (Å²) in [4.78, 5) is 11.3. The molecule has 0 saturated carbocycles. The van der Waals surface area contributed by atoms with Crippen LogP contribution < -0.4 is 5.32 Å². The van der Waals surface area contributed by atoms with Gasteiger partial charge in [0.1, 0.15) is 5.69 Å². The smallest absolute Gasteiger partial charge is 0.217 e. The van der Waals surface area contributed by atoms with Crippen molar-refractivity contribution in [2.45, 2.75) is 39.4 Å². The lowest BCUT2D eigenvalue weighted by Gasteiger charge is -2.22. The number of rotatable bonds is 8. The zero-order valence-electron chi connectivity index (χ0n) is 19.0. The molecule has 1 atom stereocenters. The third kappa shape index (κ3) is 6.04. The minimum Gasteiger partial charge on any atom is -0.394 e. The molecule has 7 nitrogen and oxygen atoms in total. The number of benzene rings is 2. The highest BCUT2D eigenvalue weighted by molar-refractivity contribution is 6.04. The Morgan fingerprint density at radius 2 is 1.75 bits per heavy atom. The van der Waals surface area contributed by atoms with Gasteiger partial charge in [-0.05, 0) is 24.5 Å². The van der Waals surface area contributed by atoms with E-state index in [0.29, 0.717) is 25.3 Å². The first-order chi connectivity index (χ1) is 15.5. The Hall–Kier alpha value is -3.45. The van der Waals surface area contributed by atoms with Crippen LogP contribution in [0.3, 0.4) is 0 Å². The Balaban J connectivity index is 1.91. The van der Waals surface area contributed by atoms with E-state index < -0.39 is 0 Å². The largest absolute Gasteiger partial charge is 0.394 e. The van der Waals surface area contributed by atoms with Gasteiger partial charge in [0, 0.05) is 25.8 Å². The second kappa shape index (κ2) is 11.2. The van der Waals surface area contributed by atoms with Crippen LogP contribution in [-0.2, 0) is 13.1 Å². The lowest BCUT2D eigenvalue weighted by atomic mass is 10.2. The van der Waals surface area contributed by atoms with Gasteiger partial charge in [0.25, 0.3) is 0 Å². The van der Waals surface area contributed by atoms with Crippen LogP contribution in [0.4, 0.5) is 0 Å². The van der Waals surface area contributed by atoms with E-state index in [-0.39, 0.29) is 18.6 Å². The highest BCUT2D eigenvalue weighted by atomic mass is 16.3. The average Bonchev–Trinajstić information content (AvgIpc) is 3.16. The number of aliphatic hydroxyl groups is 1. The maximum atomic E-state index is 9.48. The molecule has 0 aliphatic heterocycles. The van der Waals surface area contributed by atoms with Crippen molar-refractivity contribution in [1.82, 2.24) is 19.8 Å². The zero-order chi connectivity index (χ0) is 22.9. The molecule has 7 heteroatoms. The normalized spacial score (nSPS) is 12.4. The van der Waals surface area contributed by atoms with Gasteiger partial charge >= 0.3 is 0 Å². The first-order valence-corrected chi connectivity index (χ1v) is 10.9. The molecule has 1 heterocycles. The van der Waals surface area contributed by atoms with Crippen molar-refractivity contribution in [1.29, 1.82) is 5.41 Å². The van der Waals surface area contributed by atoms with E-state index in [0.717, 1.165) is 17.0 Å². The van der Waals surface area contributed by atoms with Crippen LogP contribution >= 0.6 is 0 Å². The summed E-state index contributed by atoms with van der Waals surface area (Å²) in [5.41, 5.74) is 4.06. The van der Waals surface area contributed by atoms with Crippen molar-refractivity contribution in [2.75, 3.05) is 13.7 Å². The Labute approximate surface area is 190 Å². The van der Waals surface area contributed by atoms with Crippen molar-refractivity contribution >= 4 is 11.8 Å². The number of aliphatic hydroxyl groups excluding tert-OH is 1. The minimum absolute atomic E-state index is 0.0119. The van der Waals surface area contributed by atoms with E-state index >= 15 is 0 Å². The van der Waals surface area contributed by atoms with E-state index in [1.807, 2.05) is 68.5 Å². The van der Waals surface area contributed by atoms with Gasteiger partial charge < -0.3 is 19.9 Å². The van der Waals surface area contributed by atoms with Crippen LogP contribution in [0.2, 0.25) is 0 Å². The van der Waals surface area contributed by atoms with Crippen LogP contribution in [0.5, 0.6) is 0 Å². The maximum absolute atomic E-state index is 9.48. The predicted molar refractivity (Wildman–Crippen MR) is 129 cm³/mol. The summed E-state index contributed by atoms with van der Waals surface area (Å²) in [6.45, 7) is 5.29. The Morgan fingerprint density at radius 1 is 1.12 bits per heavy atom. The summed E-state index contributed by atoms with van der Waals surface area (Å²) >= 11 is 0. The second-order valence-electron chi connectivity index (χ2n) is 7.85. The van der Waals surface area contributed by atoms with Crippen molar-refractivity contribution < 1.29 is 5.11 Å². The first kappa shape index (κ1) is 23.2. The van der Waals surface area contributed by atoms with Crippen molar-refractivity contribution in [3.63, 3.8) is 0 Å². The predicted octanol–water partition coefficient (Wildman–Crippen LogP) is 3.41. The number of aromatic nitrogens is 2. The molecule has 1 aromatic heterocycles. The number of hydrogen-bond donors (Lipinski definition) is 3. The van der Waals surface area contributed by atoms with Crippen molar-refractivity contribution in [3.8, 4) is 0 Å². The standard InChI is InChI=1S/C25H32N6O/c1-4-22(17-32)28-25(26)29-24(30(3)15-20-11-7-5-8-12-20)23-19(2)31(18-27-23)16-21-13-9-6-10-14-21/h5-14,18,22,32H,4,15-17H2,1-3H3,(H2,26,28)/b29-24+/t22-/m1/s1. The van der Waals surface area contributed by atoms with Gasteiger partial charge in [0.15, 0.2) is 5.84 Å². The van der Waals surface area contributed by atoms with E-state index in [1.165, 1.54) is 5.56 Å². The molecular weight excluding hydrogens is 400 g/mol. The second-order valence-corrected chi connectivity index (χ2v) is 7.85. The Bertz CT molecular complexity index is 1030. The molecule has 168 valence electrons. The fourth-order valence-corrected chi connectivity index (χ4v) is 3.46. The molecular formula is C25H32N6O. The average molecular weight is 433 g/mol. The number of imidazole rings is 1. The third-order valence-corrected chi connectivity index (χ3v) is 5.40. The van der Waals surface area contributed by atoms with Crippen LogP contribution in [0.25, 0.3) is 0 Å². The minimum atomic E-state index is -0.205. The van der Waals surface area contributed by atoms with Gasteiger partial charge in [0.2, 0.25) is 5.96 Å². The molecule has 0 saturated heterocycles. The molecule has 3 N–H and O–H groups in total. The summed E-state index contributed by atoms with van der Waals surface area (Å²) in [5.74, 6) is 0.626. The summed E-state index contributed by atoms with van der Waals surface area (Å²) < 4.78 is 2.09. The quantitative estimate of drug-likeness (QED) is 0.376. The van der Waals surface area contributed by atoms with Crippen LogP contribution in [0, 0.1) is 12.3 Å². The van der Waals surface area contributed by atoms with E-state index in [2.05, 4.69) is 44.1 Å². The number of guanidine groups is 1. The number of nitrogens with one attached hydrogen (secondary N) is 2. The Morgan fingerprint density at radius 3 is 2.34 bits per heavy atom. The van der Waals surface area contributed by atoms with Gasteiger partial charge in [-0.3, -0.25) is 5.41 Å². The highest BCUT2D eigenvalue weighted by Crippen LogP contribution is 2.15. The fraction of sp³-hybridized carbons (Fsp3) is 0.320.